The van der Waals surface area contributed by atoms with Gasteiger partial charge in [0.05, 0.1) is 0 Å². The van der Waals surface area contributed by atoms with Crippen LogP contribution < -0.4 is 5.32 Å². The molecular formula is C16H18BrNO2. The Morgan fingerprint density at radius 2 is 1.70 bits per heavy atom. The highest BCUT2D eigenvalue weighted by Crippen LogP contribution is 2.29. The third-order valence-corrected chi connectivity index (χ3v) is 3.91. The van der Waals surface area contributed by atoms with Crippen LogP contribution in [-0.2, 0) is 12.1 Å². The predicted octanol–water partition coefficient (Wildman–Crippen LogP) is 3.89. The lowest BCUT2D eigenvalue weighted by atomic mass is 9.94. The summed E-state index contributed by atoms with van der Waals surface area (Å²) >= 11 is 3.42. The lowest BCUT2D eigenvalue weighted by molar-refractivity contribution is 0.377. The van der Waals surface area contributed by atoms with Crippen LogP contribution in [0.25, 0.3) is 0 Å². The Morgan fingerprint density at radius 3 is 2.35 bits per heavy atom. The zero-order chi connectivity index (χ0) is 14.8. The summed E-state index contributed by atoms with van der Waals surface area (Å²) < 4.78 is 1.04. The Balaban J connectivity index is 2.12. The molecule has 0 spiro atoms. The number of hydrogen-bond acceptors (Lipinski definition) is 3. The van der Waals surface area contributed by atoms with Crippen molar-refractivity contribution in [3.63, 3.8) is 0 Å². The number of para-hydroxylation sites is 1. The standard InChI is InChI=1S/C16H18BrNO2/c1-16(2,12-6-8-13(17)9-7-12)18-10-11-4-3-5-14(19)15(11)20/h3-9,18-20H,10H2,1-2H3. The van der Waals surface area contributed by atoms with Gasteiger partial charge in [0.15, 0.2) is 11.5 Å². The molecule has 2 rings (SSSR count). The van der Waals surface area contributed by atoms with E-state index in [1.54, 1.807) is 12.1 Å². The van der Waals surface area contributed by atoms with E-state index in [0.29, 0.717) is 12.1 Å². The second-order valence-corrected chi connectivity index (χ2v) is 6.19. The molecule has 0 saturated heterocycles. The molecule has 0 aliphatic carbocycles. The zero-order valence-corrected chi connectivity index (χ0v) is 13.1. The maximum atomic E-state index is 9.81. The van der Waals surface area contributed by atoms with Gasteiger partial charge >= 0.3 is 0 Å². The minimum atomic E-state index is -0.237. The highest BCUT2D eigenvalue weighted by molar-refractivity contribution is 9.10. The summed E-state index contributed by atoms with van der Waals surface area (Å²) in [5.41, 5.74) is 1.59. The Kier molecular flexibility index (Phi) is 4.35. The fraction of sp³-hybridized carbons (Fsp3) is 0.250. The van der Waals surface area contributed by atoms with Gasteiger partial charge in [-0.1, -0.05) is 40.2 Å². The number of phenols is 2. The second-order valence-electron chi connectivity index (χ2n) is 5.27. The Bertz CT molecular complexity index is 594. The van der Waals surface area contributed by atoms with Gasteiger partial charge in [-0.2, -0.15) is 0 Å². The van der Waals surface area contributed by atoms with E-state index in [9.17, 15) is 10.2 Å². The molecule has 2 aromatic rings. The molecule has 0 heterocycles. The van der Waals surface area contributed by atoms with Gasteiger partial charge < -0.3 is 15.5 Å². The van der Waals surface area contributed by atoms with Gasteiger partial charge in [0.2, 0.25) is 0 Å². The van der Waals surface area contributed by atoms with Gasteiger partial charge in [-0.25, -0.2) is 0 Å². The molecule has 3 nitrogen and oxygen atoms in total. The lowest BCUT2D eigenvalue weighted by Crippen LogP contribution is -2.35. The Labute approximate surface area is 127 Å². The monoisotopic (exact) mass is 335 g/mol. The molecule has 0 amide bonds. The molecule has 0 aliphatic heterocycles. The van der Waals surface area contributed by atoms with Crippen molar-refractivity contribution < 1.29 is 10.2 Å². The first-order chi connectivity index (χ1) is 9.40. The van der Waals surface area contributed by atoms with E-state index >= 15 is 0 Å². The Morgan fingerprint density at radius 1 is 1.05 bits per heavy atom. The van der Waals surface area contributed by atoms with Gasteiger partial charge in [0, 0.05) is 22.1 Å². The molecule has 20 heavy (non-hydrogen) atoms. The number of benzene rings is 2. The first-order valence-corrected chi connectivity index (χ1v) is 7.20. The largest absolute Gasteiger partial charge is 0.504 e. The summed E-state index contributed by atoms with van der Waals surface area (Å²) in [6.45, 7) is 4.63. The van der Waals surface area contributed by atoms with Crippen LogP contribution in [0.15, 0.2) is 46.9 Å². The van der Waals surface area contributed by atoms with Crippen molar-refractivity contribution in [2.75, 3.05) is 0 Å². The highest BCUT2D eigenvalue weighted by Gasteiger charge is 2.20. The van der Waals surface area contributed by atoms with Gasteiger partial charge in [-0.15, -0.1) is 0 Å². The fourth-order valence-electron chi connectivity index (χ4n) is 2.01. The van der Waals surface area contributed by atoms with Crippen LogP contribution in [0, 0.1) is 0 Å². The van der Waals surface area contributed by atoms with Crippen LogP contribution >= 0.6 is 15.9 Å². The second kappa shape index (κ2) is 5.85. The summed E-state index contributed by atoms with van der Waals surface area (Å²) in [5.74, 6) is -0.155. The predicted molar refractivity (Wildman–Crippen MR) is 83.8 cm³/mol. The number of nitrogens with one attached hydrogen (secondary N) is 1. The number of halogens is 1. The van der Waals surface area contributed by atoms with E-state index in [4.69, 9.17) is 0 Å². The molecule has 0 fully saturated rings. The van der Waals surface area contributed by atoms with E-state index in [1.807, 2.05) is 12.1 Å². The molecule has 0 unspecified atom stereocenters. The number of hydrogen-bond donors (Lipinski definition) is 3. The lowest BCUT2D eigenvalue weighted by Gasteiger charge is -2.27. The molecule has 0 saturated carbocycles. The molecule has 0 aliphatic rings. The van der Waals surface area contributed by atoms with E-state index in [-0.39, 0.29) is 17.0 Å². The average molecular weight is 336 g/mol. The highest BCUT2D eigenvalue weighted by atomic mass is 79.9. The molecule has 0 atom stereocenters. The summed E-state index contributed by atoms with van der Waals surface area (Å²) in [6, 6.07) is 13.1. The quantitative estimate of drug-likeness (QED) is 0.743. The van der Waals surface area contributed by atoms with E-state index in [1.165, 1.54) is 6.07 Å². The van der Waals surface area contributed by atoms with Gasteiger partial charge in [-0.3, -0.25) is 0 Å². The normalized spacial score (nSPS) is 11.6. The number of phenolic OH excluding ortho intramolecular Hbond substituents is 2. The van der Waals surface area contributed by atoms with Crippen molar-refractivity contribution in [1.29, 1.82) is 0 Å². The molecule has 0 aromatic heterocycles. The van der Waals surface area contributed by atoms with Crippen molar-refractivity contribution in [1.82, 2.24) is 5.32 Å². The third kappa shape index (κ3) is 3.32. The first-order valence-electron chi connectivity index (χ1n) is 6.41. The van der Waals surface area contributed by atoms with Crippen molar-refractivity contribution in [2.45, 2.75) is 25.9 Å². The molecule has 4 heteroatoms. The van der Waals surface area contributed by atoms with E-state index < -0.39 is 0 Å². The minimum Gasteiger partial charge on any atom is -0.504 e. The van der Waals surface area contributed by atoms with Crippen LogP contribution in [-0.4, -0.2) is 10.2 Å². The molecule has 3 N–H and O–H groups in total. The molecule has 106 valence electrons. The van der Waals surface area contributed by atoms with Crippen LogP contribution in [0.5, 0.6) is 11.5 Å². The summed E-state index contributed by atoms with van der Waals surface area (Å²) in [5, 5.41) is 22.7. The van der Waals surface area contributed by atoms with Crippen LogP contribution in [0.1, 0.15) is 25.0 Å². The molecular weight excluding hydrogens is 318 g/mol. The number of rotatable bonds is 4. The Hall–Kier alpha value is -1.52. The van der Waals surface area contributed by atoms with Crippen LogP contribution in [0.2, 0.25) is 0 Å². The van der Waals surface area contributed by atoms with Crippen molar-refractivity contribution >= 4 is 15.9 Å². The van der Waals surface area contributed by atoms with Crippen LogP contribution in [0.4, 0.5) is 0 Å². The number of aromatic hydroxyl groups is 2. The topological polar surface area (TPSA) is 52.5 Å². The maximum absolute atomic E-state index is 9.81. The summed E-state index contributed by atoms with van der Waals surface area (Å²) in [7, 11) is 0. The summed E-state index contributed by atoms with van der Waals surface area (Å²) in [4.78, 5) is 0. The van der Waals surface area contributed by atoms with Crippen molar-refractivity contribution in [3.05, 3.63) is 58.1 Å². The van der Waals surface area contributed by atoms with Gasteiger partial charge in [0.1, 0.15) is 0 Å². The van der Waals surface area contributed by atoms with Gasteiger partial charge in [0.25, 0.3) is 0 Å². The third-order valence-electron chi connectivity index (χ3n) is 3.38. The first kappa shape index (κ1) is 14.9. The molecule has 2 aromatic carbocycles. The molecule has 0 bridgehead atoms. The van der Waals surface area contributed by atoms with Crippen molar-refractivity contribution in [2.24, 2.45) is 0 Å². The maximum Gasteiger partial charge on any atom is 0.161 e. The summed E-state index contributed by atoms with van der Waals surface area (Å²) in [6.07, 6.45) is 0. The minimum absolute atomic E-state index is 0.0633. The SMILES string of the molecule is CC(C)(NCc1cccc(O)c1O)c1ccc(Br)cc1. The van der Waals surface area contributed by atoms with Crippen LogP contribution in [0.3, 0.4) is 0 Å². The average Bonchev–Trinajstić information content (AvgIpc) is 2.41. The fourth-order valence-corrected chi connectivity index (χ4v) is 2.27. The van der Waals surface area contributed by atoms with E-state index in [2.05, 4.69) is 47.2 Å². The zero-order valence-electron chi connectivity index (χ0n) is 11.5. The van der Waals surface area contributed by atoms with Gasteiger partial charge in [-0.05, 0) is 37.6 Å². The molecule has 0 radical (unpaired) electrons. The smallest absolute Gasteiger partial charge is 0.161 e. The van der Waals surface area contributed by atoms with E-state index in [0.717, 1.165) is 10.0 Å². The van der Waals surface area contributed by atoms with Crippen molar-refractivity contribution in [3.8, 4) is 11.5 Å².